The second-order valence-corrected chi connectivity index (χ2v) is 3.76. The number of anilines is 1. The first-order valence-corrected chi connectivity index (χ1v) is 5.53. The van der Waals surface area contributed by atoms with Crippen molar-refractivity contribution in [3.05, 3.63) is 29.3 Å². The maximum atomic E-state index is 3.25. The normalized spacial score (nSPS) is 14.4. The zero-order chi connectivity index (χ0) is 8.39. The summed E-state index contributed by atoms with van der Waals surface area (Å²) in [6, 6.07) is 6.69. The van der Waals surface area contributed by atoms with Gasteiger partial charge in [-0.1, -0.05) is 18.0 Å². The first kappa shape index (κ1) is 7.99. The van der Waals surface area contributed by atoms with E-state index in [1.165, 1.54) is 30.5 Å². The smallest absolute Gasteiger partial charge is 0.0442 e. The number of fused-ring (bicyclic) bond motifs is 1. The second-order valence-electron chi connectivity index (χ2n) is 3.14. The van der Waals surface area contributed by atoms with E-state index in [9.17, 15) is 0 Å². The zero-order valence-corrected chi connectivity index (χ0v) is 8.08. The molecule has 0 aliphatic heterocycles. The molecule has 2 rings (SSSR count). The summed E-state index contributed by atoms with van der Waals surface area (Å²) >= 11 is 1.65. The van der Waals surface area contributed by atoms with Crippen molar-refractivity contribution in [2.45, 2.75) is 19.3 Å². The molecule has 1 nitrogen and oxygen atoms in total. The number of hydrogen-bond donors (Lipinski definition) is 1. The van der Waals surface area contributed by atoms with E-state index in [4.69, 9.17) is 0 Å². The van der Waals surface area contributed by atoms with Gasteiger partial charge in [0.15, 0.2) is 0 Å². The summed E-state index contributed by atoms with van der Waals surface area (Å²) in [6.45, 7) is 0. The quantitative estimate of drug-likeness (QED) is 0.701. The van der Waals surface area contributed by atoms with Gasteiger partial charge in [0, 0.05) is 11.9 Å². The van der Waals surface area contributed by atoms with Crippen molar-refractivity contribution in [1.29, 1.82) is 0 Å². The molecule has 0 bridgehead atoms. The molecular formula is C10H13NS. The molecule has 0 amide bonds. The highest BCUT2D eigenvalue weighted by Crippen LogP contribution is 2.25. The first-order chi connectivity index (χ1) is 5.90. The van der Waals surface area contributed by atoms with E-state index >= 15 is 0 Å². The molecule has 0 saturated carbocycles. The van der Waals surface area contributed by atoms with Gasteiger partial charge < -0.3 is 4.72 Å². The highest BCUT2D eigenvalue weighted by Gasteiger charge is 2.09. The molecule has 0 radical (unpaired) electrons. The molecule has 64 valence electrons. The predicted molar refractivity (Wildman–Crippen MR) is 55.6 cm³/mol. The van der Waals surface area contributed by atoms with Gasteiger partial charge in [0.05, 0.1) is 0 Å². The summed E-state index contributed by atoms with van der Waals surface area (Å²) in [5.41, 5.74) is 4.32. The van der Waals surface area contributed by atoms with Gasteiger partial charge in [0.25, 0.3) is 0 Å². The number of benzene rings is 1. The fraction of sp³-hybridized carbons (Fsp3) is 0.400. The van der Waals surface area contributed by atoms with Crippen LogP contribution in [0.25, 0.3) is 0 Å². The van der Waals surface area contributed by atoms with Crippen molar-refractivity contribution in [1.82, 2.24) is 0 Å². The third kappa shape index (κ3) is 1.44. The van der Waals surface area contributed by atoms with Crippen LogP contribution in [0, 0.1) is 0 Å². The monoisotopic (exact) mass is 179 g/mol. The molecule has 1 aliphatic rings. The lowest BCUT2D eigenvalue weighted by molar-refractivity contribution is 0.912. The highest BCUT2D eigenvalue weighted by atomic mass is 32.2. The third-order valence-corrected chi connectivity index (χ3v) is 2.76. The lowest BCUT2D eigenvalue weighted by Gasteiger charge is -2.04. The van der Waals surface area contributed by atoms with Crippen LogP contribution in [0.5, 0.6) is 0 Å². The summed E-state index contributed by atoms with van der Waals surface area (Å²) in [4.78, 5) is 0. The molecule has 1 N–H and O–H groups in total. The van der Waals surface area contributed by atoms with Crippen molar-refractivity contribution in [2.24, 2.45) is 0 Å². The van der Waals surface area contributed by atoms with Crippen molar-refractivity contribution < 1.29 is 0 Å². The van der Waals surface area contributed by atoms with Crippen LogP contribution in [0.1, 0.15) is 17.5 Å². The van der Waals surface area contributed by atoms with Gasteiger partial charge >= 0.3 is 0 Å². The van der Waals surface area contributed by atoms with Crippen LogP contribution in [0.4, 0.5) is 5.69 Å². The molecule has 0 saturated heterocycles. The molecule has 0 heterocycles. The molecule has 1 aromatic carbocycles. The molecular weight excluding hydrogens is 166 g/mol. The maximum absolute atomic E-state index is 3.25. The van der Waals surface area contributed by atoms with Crippen LogP contribution in [0.2, 0.25) is 0 Å². The molecule has 0 atom stereocenters. The van der Waals surface area contributed by atoms with Gasteiger partial charge in [-0.2, -0.15) is 0 Å². The van der Waals surface area contributed by atoms with Crippen molar-refractivity contribution in [2.75, 3.05) is 11.0 Å². The number of nitrogens with one attached hydrogen (secondary N) is 1. The largest absolute Gasteiger partial charge is 0.330 e. The van der Waals surface area contributed by atoms with Crippen molar-refractivity contribution in [3.8, 4) is 0 Å². The molecule has 2 heteroatoms. The maximum Gasteiger partial charge on any atom is 0.0442 e. The third-order valence-electron chi connectivity index (χ3n) is 2.32. The van der Waals surface area contributed by atoms with E-state index in [0.29, 0.717) is 0 Å². The van der Waals surface area contributed by atoms with Crippen LogP contribution in [-0.2, 0) is 12.8 Å². The number of hydrogen-bond acceptors (Lipinski definition) is 2. The molecule has 0 spiro atoms. The fourth-order valence-electron chi connectivity index (χ4n) is 1.75. The second kappa shape index (κ2) is 3.40. The van der Waals surface area contributed by atoms with Crippen molar-refractivity contribution in [3.63, 3.8) is 0 Å². The summed E-state index contributed by atoms with van der Waals surface area (Å²) in [6.07, 6.45) is 5.92. The van der Waals surface area contributed by atoms with Gasteiger partial charge in [0.1, 0.15) is 0 Å². The average molecular weight is 179 g/mol. The van der Waals surface area contributed by atoms with Crippen LogP contribution < -0.4 is 4.72 Å². The highest BCUT2D eigenvalue weighted by molar-refractivity contribution is 7.99. The Morgan fingerprint density at radius 3 is 2.92 bits per heavy atom. The Balaban J connectivity index is 2.26. The van der Waals surface area contributed by atoms with Gasteiger partial charge in [-0.05, 0) is 42.5 Å². The van der Waals surface area contributed by atoms with E-state index in [1.54, 1.807) is 17.5 Å². The Kier molecular flexibility index (Phi) is 2.26. The van der Waals surface area contributed by atoms with Crippen LogP contribution in [0.3, 0.4) is 0 Å². The molecule has 0 aromatic heterocycles. The molecule has 0 unspecified atom stereocenters. The Hall–Kier alpha value is -0.630. The zero-order valence-electron chi connectivity index (χ0n) is 7.26. The minimum Gasteiger partial charge on any atom is -0.330 e. The minimum absolute atomic E-state index is 1.24. The fourth-order valence-corrected chi connectivity index (χ4v) is 2.12. The number of rotatable bonds is 2. The standard InChI is InChI=1S/C10H13NS/c1-12-11-10-6-5-8-3-2-4-9(8)7-10/h5-7,11H,2-4H2,1H3. The Bertz CT molecular complexity index is 283. The van der Waals surface area contributed by atoms with E-state index in [0.717, 1.165) is 0 Å². The lowest BCUT2D eigenvalue weighted by Crippen LogP contribution is -1.87. The van der Waals surface area contributed by atoms with Crippen molar-refractivity contribution >= 4 is 17.6 Å². The van der Waals surface area contributed by atoms with Gasteiger partial charge in [0.2, 0.25) is 0 Å². The Morgan fingerprint density at radius 1 is 1.25 bits per heavy atom. The van der Waals surface area contributed by atoms with Gasteiger partial charge in [-0.15, -0.1) is 0 Å². The Morgan fingerprint density at radius 2 is 2.08 bits per heavy atom. The first-order valence-electron chi connectivity index (χ1n) is 4.31. The van der Waals surface area contributed by atoms with Gasteiger partial charge in [-0.25, -0.2) is 0 Å². The number of aryl methyl sites for hydroxylation is 2. The van der Waals surface area contributed by atoms with Gasteiger partial charge in [-0.3, -0.25) is 0 Å². The Labute approximate surface area is 77.7 Å². The summed E-state index contributed by atoms with van der Waals surface area (Å²) < 4.78 is 3.25. The van der Waals surface area contributed by atoms with Crippen LogP contribution in [0.15, 0.2) is 18.2 Å². The topological polar surface area (TPSA) is 12.0 Å². The SMILES string of the molecule is CSNc1ccc2c(c1)CCC2. The summed E-state index contributed by atoms with van der Waals surface area (Å²) in [7, 11) is 0. The van der Waals surface area contributed by atoms with E-state index in [1.807, 2.05) is 6.26 Å². The molecule has 1 aromatic rings. The molecule has 1 aliphatic carbocycles. The van der Waals surface area contributed by atoms with E-state index in [2.05, 4.69) is 22.9 Å². The molecule has 12 heavy (non-hydrogen) atoms. The molecule has 0 fully saturated rings. The lowest BCUT2D eigenvalue weighted by atomic mass is 10.1. The van der Waals surface area contributed by atoms with Crippen LogP contribution in [-0.4, -0.2) is 6.26 Å². The van der Waals surface area contributed by atoms with E-state index < -0.39 is 0 Å². The van der Waals surface area contributed by atoms with E-state index in [-0.39, 0.29) is 0 Å². The van der Waals surface area contributed by atoms with Crippen LogP contribution >= 0.6 is 11.9 Å². The minimum atomic E-state index is 1.24. The summed E-state index contributed by atoms with van der Waals surface area (Å²) in [5.74, 6) is 0. The average Bonchev–Trinajstić information content (AvgIpc) is 2.51. The predicted octanol–water partition coefficient (Wildman–Crippen LogP) is 2.87. The summed E-state index contributed by atoms with van der Waals surface area (Å²) in [5, 5.41) is 0.